The summed E-state index contributed by atoms with van der Waals surface area (Å²) in [5.74, 6) is 2.37. The van der Waals surface area contributed by atoms with E-state index in [1.54, 1.807) is 12.5 Å². The molecule has 6 heteroatoms. The number of nitrogens with zero attached hydrogens (tertiary/aromatic N) is 4. The van der Waals surface area contributed by atoms with Gasteiger partial charge >= 0.3 is 0 Å². The lowest BCUT2D eigenvalue weighted by Crippen LogP contribution is -2.07. The fraction of sp³-hybridized carbons (Fsp3) is 0.235. The van der Waals surface area contributed by atoms with Gasteiger partial charge in [0, 0.05) is 30.2 Å². The minimum atomic E-state index is 0.561. The maximum absolute atomic E-state index is 4.39. The molecule has 0 bridgehead atoms. The number of hydrogen-bond acceptors (Lipinski definition) is 5. The molecule has 0 aliphatic heterocycles. The topological polar surface area (TPSA) is 67.7 Å². The number of nitrogens with one attached hydrogen (secondary N) is 2. The fourth-order valence-electron chi connectivity index (χ4n) is 2.43. The van der Waals surface area contributed by atoms with Gasteiger partial charge in [0.05, 0.1) is 0 Å². The number of anilines is 3. The molecule has 0 amide bonds. The van der Waals surface area contributed by atoms with E-state index >= 15 is 0 Å². The Hall–Kier alpha value is -2.89. The molecular weight excluding hydrogens is 288 g/mol. The molecule has 1 aromatic carbocycles. The van der Waals surface area contributed by atoms with Crippen LogP contribution in [0.15, 0.2) is 49.1 Å². The van der Waals surface area contributed by atoms with Gasteiger partial charge in [-0.1, -0.05) is 12.1 Å². The molecule has 1 aliphatic carbocycles. The van der Waals surface area contributed by atoms with Gasteiger partial charge in [-0.25, -0.2) is 15.0 Å². The van der Waals surface area contributed by atoms with Gasteiger partial charge in [0.25, 0.3) is 0 Å². The Morgan fingerprint density at radius 1 is 1.13 bits per heavy atom. The molecular formula is C17H18N6. The first-order valence-electron chi connectivity index (χ1n) is 7.74. The molecule has 2 N–H and O–H groups in total. The Balaban J connectivity index is 1.61. The number of aromatic nitrogens is 4. The molecule has 6 nitrogen and oxygen atoms in total. The average Bonchev–Trinajstić information content (AvgIpc) is 3.23. The van der Waals surface area contributed by atoms with E-state index in [-0.39, 0.29) is 0 Å². The van der Waals surface area contributed by atoms with Crippen molar-refractivity contribution in [2.45, 2.75) is 25.8 Å². The van der Waals surface area contributed by atoms with Crippen LogP contribution in [0, 0.1) is 6.92 Å². The van der Waals surface area contributed by atoms with E-state index in [0.717, 1.165) is 23.3 Å². The highest BCUT2D eigenvalue weighted by Crippen LogP contribution is 2.25. The van der Waals surface area contributed by atoms with E-state index in [0.29, 0.717) is 6.04 Å². The largest absolute Gasteiger partial charge is 0.367 e. The molecule has 4 rings (SSSR count). The molecule has 1 aliphatic rings. The minimum Gasteiger partial charge on any atom is -0.367 e. The number of rotatable bonds is 5. The molecule has 0 atom stereocenters. The predicted molar refractivity (Wildman–Crippen MR) is 90.3 cm³/mol. The van der Waals surface area contributed by atoms with Gasteiger partial charge in [0.1, 0.15) is 18.0 Å². The fourth-order valence-corrected chi connectivity index (χ4v) is 2.43. The van der Waals surface area contributed by atoms with Crippen LogP contribution in [-0.4, -0.2) is 25.6 Å². The van der Waals surface area contributed by atoms with E-state index in [4.69, 9.17) is 0 Å². The lowest BCUT2D eigenvalue weighted by atomic mass is 10.2. The summed E-state index contributed by atoms with van der Waals surface area (Å²) in [5, 5.41) is 6.73. The van der Waals surface area contributed by atoms with E-state index in [2.05, 4.69) is 44.6 Å². The summed E-state index contributed by atoms with van der Waals surface area (Å²) in [6.45, 7) is 2.07. The summed E-state index contributed by atoms with van der Waals surface area (Å²) in [4.78, 5) is 13.0. The van der Waals surface area contributed by atoms with Gasteiger partial charge in [-0.05, 0) is 37.5 Å². The van der Waals surface area contributed by atoms with Gasteiger partial charge < -0.3 is 10.6 Å². The molecule has 2 aromatic heterocycles. The first-order chi connectivity index (χ1) is 11.3. The van der Waals surface area contributed by atoms with Crippen LogP contribution in [0.2, 0.25) is 0 Å². The van der Waals surface area contributed by atoms with Crippen LogP contribution in [0.1, 0.15) is 18.4 Å². The van der Waals surface area contributed by atoms with Crippen LogP contribution in [0.3, 0.4) is 0 Å². The number of hydrogen-bond donors (Lipinski definition) is 2. The third kappa shape index (κ3) is 3.15. The molecule has 1 fully saturated rings. The van der Waals surface area contributed by atoms with Crippen LogP contribution < -0.4 is 10.6 Å². The zero-order valence-electron chi connectivity index (χ0n) is 12.9. The third-order valence-electron chi connectivity index (χ3n) is 3.74. The van der Waals surface area contributed by atoms with Crippen molar-refractivity contribution >= 4 is 17.5 Å². The zero-order valence-corrected chi connectivity index (χ0v) is 12.9. The highest BCUT2D eigenvalue weighted by atomic mass is 15.2. The number of benzene rings is 1. The van der Waals surface area contributed by atoms with Crippen molar-refractivity contribution in [2.24, 2.45) is 0 Å². The summed E-state index contributed by atoms with van der Waals surface area (Å²) in [7, 11) is 0. The minimum absolute atomic E-state index is 0.561. The maximum atomic E-state index is 4.39. The summed E-state index contributed by atoms with van der Waals surface area (Å²) < 4.78 is 1.92. The smallest absolute Gasteiger partial charge is 0.213 e. The highest BCUT2D eigenvalue weighted by molar-refractivity contribution is 5.57. The first kappa shape index (κ1) is 13.8. The zero-order chi connectivity index (χ0) is 15.6. The van der Waals surface area contributed by atoms with Crippen molar-refractivity contribution in [1.82, 2.24) is 19.5 Å². The normalized spacial score (nSPS) is 13.8. The quantitative estimate of drug-likeness (QED) is 0.757. The molecule has 0 saturated heterocycles. The molecule has 1 saturated carbocycles. The van der Waals surface area contributed by atoms with Crippen molar-refractivity contribution in [2.75, 3.05) is 10.6 Å². The highest BCUT2D eigenvalue weighted by Gasteiger charge is 2.21. The van der Waals surface area contributed by atoms with Crippen molar-refractivity contribution in [3.8, 4) is 5.82 Å². The Morgan fingerprint density at radius 2 is 2.04 bits per heavy atom. The Bertz CT molecular complexity index is 821. The van der Waals surface area contributed by atoms with Crippen LogP contribution in [0.4, 0.5) is 17.5 Å². The Morgan fingerprint density at radius 3 is 2.87 bits per heavy atom. The van der Waals surface area contributed by atoms with Gasteiger partial charge in [0.2, 0.25) is 5.95 Å². The Labute approximate surface area is 134 Å². The maximum Gasteiger partial charge on any atom is 0.213 e. The molecule has 116 valence electrons. The molecule has 3 aromatic rings. The lowest BCUT2D eigenvalue weighted by Gasteiger charge is -2.11. The monoisotopic (exact) mass is 306 g/mol. The summed E-state index contributed by atoms with van der Waals surface area (Å²) >= 11 is 0. The second-order valence-corrected chi connectivity index (χ2v) is 5.80. The van der Waals surface area contributed by atoms with Crippen LogP contribution in [0.25, 0.3) is 5.82 Å². The van der Waals surface area contributed by atoms with E-state index in [1.807, 2.05) is 29.0 Å². The van der Waals surface area contributed by atoms with Crippen LogP contribution >= 0.6 is 0 Å². The van der Waals surface area contributed by atoms with Crippen LogP contribution in [0.5, 0.6) is 0 Å². The van der Waals surface area contributed by atoms with Crippen molar-refractivity contribution in [1.29, 1.82) is 0 Å². The second-order valence-electron chi connectivity index (χ2n) is 5.80. The lowest BCUT2D eigenvalue weighted by molar-refractivity contribution is 0.971. The number of aryl methyl sites for hydroxylation is 1. The first-order valence-corrected chi connectivity index (χ1v) is 7.74. The molecule has 0 spiro atoms. The summed E-state index contributed by atoms with van der Waals surface area (Å²) in [5.41, 5.74) is 2.20. The van der Waals surface area contributed by atoms with E-state index < -0.39 is 0 Å². The van der Waals surface area contributed by atoms with Gasteiger partial charge in [0.15, 0.2) is 0 Å². The standard InChI is InChI=1S/C17H18N6/c1-12-3-2-4-14(9-12)22-17-18-7-8-23(17)16-10-15(19-11-20-16)21-13-5-6-13/h2-4,7-11,13H,5-6H2,1H3,(H,18,22)(H,19,20,21). The van der Waals surface area contributed by atoms with Crippen molar-refractivity contribution < 1.29 is 0 Å². The van der Waals surface area contributed by atoms with E-state index in [1.165, 1.54) is 18.4 Å². The molecule has 0 unspecified atom stereocenters. The average molecular weight is 306 g/mol. The Kier molecular flexibility index (Phi) is 3.42. The summed E-state index contributed by atoms with van der Waals surface area (Å²) in [6, 6.07) is 10.7. The van der Waals surface area contributed by atoms with Crippen molar-refractivity contribution in [3.05, 3.63) is 54.6 Å². The summed E-state index contributed by atoms with van der Waals surface area (Å²) in [6.07, 6.45) is 7.65. The van der Waals surface area contributed by atoms with Gasteiger partial charge in [-0.3, -0.25) is 4.57 Å². The molecule has 0 radical (unpaired) electrons. The predicted octanol–water partition coefficient (Wildman–Crippen LogP) is 3.29. The van der Waals surface area contributed by atoms with Gasteiger partial charge in [-0.2, -0.15) is 0 Å². The molecule has 23 heavy (non-hydrogen) atoms. The second kappa shape index (κ2) is 5.72. The van der Waals surface area contributed by atoms with Gasteiger partial charge in [-0.15, -0.1) is 0 Å². The van der Waals surface area contributed by atoms with Crippen molar-refractivity contribution in [3.63, 3.8) is 0 Å². The van der Waals surface area contributed by atoms with Crippen LogP contribution in [-0.2, 0) is 0 Å². The number of imidazole rings is 1. The van der Waals surface area contributed by atoms with E-state index in [9.17, 15) is 0 Å². The molecule has 2 heterocycles. The third-order valence-corrected chi connectivity index (χ3v) is 3.74. The SMILES string of the molecule is Cc1cccc(Nc2nccn2-c2cc(NC3CC3)ncn2)c1.